The van der Waals surface area contributed by atoms with E-state index in [2.05, 4.69) is 24.3 Å². The molecule has 0 aliphatic rings. The van der Waals surface area contributed by atoms with Gasteiger partial charge in [0.1, 0.15) is 0 Å². The van der Waals surface area contributed by atoms with Gasteiger partial charge in [0, 0.05) is 13.2 Å². The van der Waals surface area contributed by atoms with Gasteiger partial charge in [0.25, 0.3) is 0 Å². The molecule has 0 unspecified atom stereocenters. The first-order valence-electron chi connectivity index (χ1n) is 6.49. The quantitative estimate of drug-likeness (QED) is 0.491. The second kappa shape index (κ2) is 18.1. The van der Waals surface area contributed by atoms with Crippen molar-refractivity contribution in [3.8, 4) is 0 Å². The van der Waals surface area contributed by atoms with Crippen molar-refractivity contribution in [1.82, 2.24) is 0 Å². The zero-order valence-corrected chi connectivity index (χ0v) is 16.0. The number of aliphatic hydroxyl groups is 2. The average molecular weight is 408 g/mol. The Balaban J connectivity index is -0.000000270. The van der Waals surface area contributed by atoms with Gasteiger partial charge in [0.15, 0.2) is 0 Å². The molecule has 21 heavy (non-hydrogen) atoms. The van der Waals surface area contributed by atoms with Crippen molar-refractivity contribution in [1.29, 1.82) is 0 Å². The predicted molar refractivity (Wildman–Crippen MR) is 74.9 cm³/mol. The van der Waals surface area contributed by atoms with Crippen molar-refractivity contribution >= 4 is 0 Å². The zero-order chi connectivity index (χ0) is 13.1. The van der Waals surface area contributed by atoms with E-state index in [1.807, 2.05) is 24.3 Å². The van der Waals surface area contributed by atoms with Crippen molar-refractivity contribution in [3.05, 3.63) is 59.7 Å². The summed E-state index contributed by atoms with van der Waals surface area (Å²) in [6.45, 7) is 0.594. The SMILES string of the molecule is OCCC[c-]1cccc1.OCCC[c-]1cccc1.[Cl-].[Cl-].[Zr+4]. The molecule has 0 atom stereocenters. The van der Waals surface area contributed by atoms with Crippen molar-refractivity contribution in [2.45, 2.75) is 25.7 Å². The molecule has 2 nitrogen and oxygen atoms in total. The predicted octanol–water partition coefficient (Wildman–Crippen LogP) is -3.33. The maximum Gasteiger partial charge on any atom is 4.00 e. The van der Waals surface area contributed by atoms with Crippen molar-refractivity contribution in [3.63, 3.8) is 0 Å². The Morgan fingerprint density at radius 3 is 1.14 bits per heavy atom. The first-order valence-corrected chi connectivity index (χ1v) is 6.49. The second-order valence-electron chi connectivity index (χ2n) is 4.24. The summed E-state index contributed by atoms with van der Waals surface area (Å²) in [6, 6.07) is 16.4. The van der Waals surface area contributed by atoms with Gasteiger partial charge in [0.05, 0.1) is 0 Å². The van der Waals surface area contributed by atoms with E-state index < -0.39 is 0 Å². The van der Waals surface area contributed by atoms with Crippen molar-refractivity contribution in [2.75, 3.05) is 13.2 Å². The number of halogens is 2. The van der Waals surface area contributed by atoms with E-state index in [1.54, 1.807) is 0 Å². The molecule has 0 saturated carbocycles. The second-order valence-corrected chi connectivity index (χ2v) is 4.24. The van der Waals surface area contributed by atoms with Crippen LogP contribution in [-0.2, 0) is 39.0 Å². The van der Waals surface area contributed by atoms with Crippen LogP contribution < -0.4 is 24.8 Å². The summed E-state index contributed by atoms with van der Waals surface area (Å²) in [5.74, 6) is 0. The summed E-state index contributed by atoms with van der Waals surface area (Å²) in [4.78, 5) is 0. The van der Waals surface area contributed by atoms with Crippen LogP contribution in [0, 0.1) is 0 Å². The summed E-state index contributed by atoms with van der Waals surface area (Å²) in [5.41, 5.74) is 2.65. The molecule has 2 aromatic carbocycles. The molecule has 0 aliphatic carbocycles. The van der Waals surface area contributed by atoms with Crippen LogP contribution in [-0.4, -0.2) is 23.4 Å². The van der Waals surface area contributed by atoms with Crippen LogP contribution >= 0.6 is 0 Å². The molecular weight excluding hydrogens is 386 g/mol. The summed E-state index contributed by atoms with van der Waals surface area (Å²) in [6.07, 6.45) is 3.76. The molecule has 2 aromatic rings. The van der Waals surface area contributed by atoms with Gasteiger partial charge in [-0.1, -0.05) is 12.8 Å². The summed E-state index contributed by atoms with van der Waals surface area (Å²) < 4.78 is 0. The Morgan fingerprint density at radius 1 is 0.619 bits per heavy atom. The Kier molecular flexibility index (Phi) is 22.5. The van der Waals surface area contributed by atoms with E-state index in [9.17, 15) is 0 Å². The monoisotopic (exact) mass is 406 g/mol. The van der Waals surface area contributed by atoms with Crippen molar-refractivity contribution in [2.24, 2.45) is 0 Å². The van der Waals surface area contributed by atoms with Crippen molar-refractivity contribution < 1.29 is 61.2 Å². The third kappa shape index (κ3) is 13.5. The van der Waals surface area contributed by atoms with Crippen LogP contribution in [0.2, 0.25) is 0 Å². The Bertz CT molecular complexity index is 337. The van der Waals surface area contributed by atoms with Crippen LogP contribution in [0.4, 0.5) is 0 Å². The Labute approximate surface area is 159 Å². The first-order chi connectivity index (χ1) is 8.86. The van der Waals surface area contributed by atoms with E-state index in [1.165, 1.54) is 11.1 Å². The zero-order valence-electron chi connectivity index (χ0n) is 12.0. The molecule has 2 rings (SSSR count). The fraction of sp³-hybridized carbons (Fsp3) is 0.375. The maximum absolute atomic E-state index is 8.47. The molecule has 0 fully saturated rings. The minimum atomic E-state index is 0. The van der Waals surface area contributed by atoms with Crippen LogP contribution in [0.5, 0.6) is 0 Å². The molecule has 5 heteroatoms. The molecular formula is C16H22Cl2O2Zr. The largest absolute Gasteiger partial charge is 4.00 e. The molecule has 2 N–H and O–H groups in total. The van der Waals surface area contributed by atoms with E-state index in [0.717, 1.165) is 25.7 Å². The van der Waals surface area contributed by atoms with Crippen LogP contribution in [0.1, 0.15) is 24.0 Å². The molecule has 0 radical (unpaired) electrons. The first kappa shape index (κ1) is 26.0. The van der Waals surface area contributed by atoms with Crippen LogP contribution in [0.15, 0.2) is 48.5 Å². The fourth-order valence-electron chi connectivity index (χ4n) is 1.73. The number of aliphatic hydroxyl groups excluding tert-OH is 2. The van der Waals surface area contributed by atoms with Gasteiger partial charge >= 0.3 is 26.2 Å². The van der Waals surface area contributed by atoms with Gasteiger partial charge in [-0.05, 0) is 12.8 Å². The molecule has 0 saturated heterocycles. The van der Waals surface area contributed by atoms with Gasteiger partial charge in [-0.25, -0.2) is 24.3 Å². The van der Waals surface area contributed by atoms with Crippen LogP contribution in [0.25, 0.3) is 0 Å². The average Bonchev–Trinajstić information content (AvgIpc) is 3.07. The number of hydrogen-bond donors (Lipinski definition) is 2. The molecule has 0 aromatic heterocycles. The molecule has 0 aliphatic heterocycles. The summed E-state index contributed by atoms with van der Waals surface area (Å²) >= 11 is 0. The fourth-order valence-corrected chi connectivity index (χ4v) is 1.73. The molecule has 0 heterocycles. The standard InChI is InChI=1S/2C8H11O.2ClH.Zr/c2*9-7-3-6-8-4-1-2-5-8;;;/h2*1-2,4-5,9H,3,6-7H2;2*1H;/q2*-1;;;+4/p-2. The Morgan fingerprint density at radius 2 is 0.905 bits per heavy atom. The van der Waals surface area contributed by atoms with Crippen LogP contribution in [0.3, 0.4) is 0 Å². The molecule has 0 amide bonds. The molecule has 0 spiro atoms. The summed E-state index contributed by atoms with van der Waals surface area (Å²) in [7, 11) is 0. The number of rotatable bonds is 6. The minimum absolute atomic E-state index is 0. The van der Waals surface area contributed by atoms with Gasteiger partial charge < -0.3 is 35.0 Å². The van der Waals surface area contributed by atoms with E-state index in [4.69, 9.17) is 10.2 Å². The minimum Gasteiger partial charge on any atom is -1.00 e. The topological polar surface area (TPSA) is 40.5 Å². The van der Waals surface area contributed by atoms with Gasteiger partial charge in [-0.3, -0.25) is 0 Å². The molecule has 0 bridgehead atoms. The normalized spacial score (nSPS) is 8.48. The van der Waals surface area contributed by atoms with Gasteiger partial charge in [0.2, 0.25) is 0 Å². The Hall–Kier alpha value is 0.0831. The van der Waals surface area contributed by atoms with E-state index in [0.29, 0.717) is 13.2 Å². The van der Waals surface area contributed by atoms with Gasteiger partial charge in [-0.2, -0.15) is 35.4 Å². The maximum atomic E-state index is 8.47. The summed E-state index contributed by atoms with van der Waals surface area (Å²) in [5, 5.41) is 16.9. The third-order valence-electron chi connectivity index (χ3n) is 2.71. The van der Waals surface area contributed by atoms with Gasteiger partial charge in [-0.15, -0.1) is 0 Å². The third-order valence-corrected chi connectivity index (χ3v) is 2.71. The number of aryl methyl sites for hydroxylation is 2. The number of hydrogen-bond acceptors (Lipinski definition) is 2. The molecule has 116 valence electrons. The smallest absolute Gasteiger partial charge is 1.00 e. The van der Waals surface area contributed by atoms with E-state index in [-0.39, 0.29) is 51.0 Å². The van der Waals surface area contributed by atoms with E-state index >= 15 is 0 Å².